The van der Waals surface area contributed by atoms with Crippen LogP contribution in [0.25, 0.3) is 59.8 Å². The lowest BCUT2D eigenvalue weighted by Gasteiger charge is -2.36. The molecule has 0 atom stereocenters. The minimum absolute atomic E-state index is 0.0781. The predicted octanol–water partition coefficient (Wildman–Crippen LogP) is 11.6. The Morgan fingerprint density at radius 1 is 0.364 bits per heavy atom. The Morgan fingerprint density at radius 2 is 0.636 bits per heavy atom. The maximum absolute atomic E-state index is 13.4. The summed E-state index contributed by atoms with van der Waals surface area (Å²) in [4.78, 5) is 13.4. The third-order valence-corrected chi connectivity index (χ3v) is 9.59. The molecule has 0 heterocycles. The monoisotopic (exact) mass is 568 g/mol. The van der Waals surface area contributed by atoms with Crippen LogP contribution in [0.5, 0.6) is 0 Å². The average molecular weight is 569 g/mol. The second kappa shape index (κ2) is 9.13. The fourth-order valence-electron chi connectivity index (χ4n) is 7.76. The average Bonchev–Trinajstić information content (AvgIpc) is 3.37. The minimum atomic E-state index is -0.245. The molecule has 1 nitrogen and oxygen atoms in total. The highest BCUT2D eigenvalue weighted by atomic mass is 16.1. The number of carbonyl (C=O) groups is 1. The summed E-state index contributed by atoms with van der Waals surface area (Å²) in [6, 6.07) is 35.6. The lowest BCUT2D eigenvalue weighted by Crippen LogP contribution is -2.24. The molecule has 0 aliphatic heterocycles. The van der Waals surface area contributed by atoms with Gasteiger partial charge in [0.25, 0.3) is 0 Å². The molecule has 8 rings (SSSR count). The zero-order valence-corrected chi connectivity index (χ0v) is 26.3. The molecule has 0 bridgehead atoms. The zero-order chi connectivity index (χ0) is 30.5. The molecule has 2 aliphatic rings. The van der Waals surface area contributed by atoms with Crippen molar-refractivity contribution < 1.29 is 4.79 Å². The van der Waals surface area contributed by atoms with Gasteiger partial charge in [0.15, 0.2) is 5.78 Å². The topological polar surface area (TPSA) is 17.1 Å². The molecule has 0 fully saturated rings. The Balaban J connectivity index is 1.75. The van der Waals surface area contributed by atoms with Gasteiger partial charge < -0.3 is 0 Å². The SMILES string of the molecule is CC(C)(C)C1=CC(=O)C=C(C(C)(C)C)C1=C1c2c(c3ccccc3c3ccccc23)-c2c1c1ccccc1c1ccccc21. The van der Waals surface area contributed by atoms with Crippen molar-refractivity contribution in [3.63, 3.8) is 0 Å². The Labute approximate surface area is 259 Å². The number of carbonyl (C=O) groups excluding carboxylic acids is 1. The Hall–Kier alpha value is -4.75. The van der Waals surface area contributed by atoms with Crippen molar-refractivity contribution in [2.24, 2.45) is 10.8 Å². The van der Waals surface area contributed by atoms with E-state index in [9.17, 15) is 4.79 Å². The smallest absolute Gasteiger partial charge is 0.179 e. The molecule has 0 saturated carbocycles. The first-order chi connectivity index (χ1) is 21.1. The Morgan fingerprint density at radius 3 is 0.932 bits per heavy atom. The van der Waals surface area contributed by atoms with Crippen molar-refractivity contribution in [2.45, 2.75) is 41.5 Å². The van der Waals surface area contributed by atoms with Crippen LogP contribution in [0.1, 0.15) is 52.7 Å². The molecule has 0 aromatic heterocycles. The number of hydrogen-bond donors (Lipinski definition) is 0. The third kappa shape index (κ3) is 3.69. The van der Waals surface area contributed by atoms with Crippen molar-refractivity contribution in [3.05, 3.63) is 137 Å². The fraction of sp³-hybridized carbons (Fsp3) is 0.186. The van der Waals surface area contributed by atoms with Gasteiger partial charge in [-0.25, -0.2) is 0 Å². The van der Waals surface area contributed by atoms with E-state index in [2.05, 4.69) is 139 Å². The quantitative estimate of drug-likeness (QED) is 0.166. The summed E-state index contributed by atoms with van der Waals surface area (Å²) in [5.41, 5.74) is 9.37. The predicted molar refractivity (Wildman–Crippen MR) is 188 cm³/mol. The summed E-state index contributed by atoms with van der Waals surface area (Å²) in [5.74, 6) is 0.0781. The van der Waals surface area contributed by atoms with Gasteiger partial charge in [0, 0.05) is 0 Å². The van der Waals surface area contributed by atoms with Gasteiger partial charge in [0.1, 0.15) is 0 Å². The van der Waals surface area contributed by atoms with Gasteiger partial charge in [0.05, 0.1) is 0 Å². The van der Waals surface area contributed by atoms with Crippen molar-refractivity contribution >= 4 is 54.4 Å². The van der Waals surface area contributed by atoms with Crippen LogP contribution in [0.4, 0.5) is 0 Å². The van der Waals surface area contributed by atoms with Crippen LogP contribution in [0.3, 0.4) is 0 Å². The molecule has 1 heteroatoms. The summed E-state index contributed by atoms with van der Waals surface area (Å²) >= 11 is 0. The minimum Gasteiger partial charge on any atom is -0.290 e. The molecular weight excluding hydrogens is 532 g/mol. The van der Waals surface area contributed by atoms with E-state index in [1.165, 1.54) is 76.5 Å². The van der Waals surface area contributed by atoms with E-state index in [4.69, 9.17) is 0 Å². The summed E-state index contributed by atoms with van der Waals surface area (Å²) in [7, 11) is 0. The zero-order valence-electron chi connectivity index (χ0n) is 26.3. The molecule has 214 valence electrons. The second-order valence-corrected chi connectivity index (χ2v) is 14.5. The molecule has 2 aliphatic carbocycles. The first kappa shape index (κ1) is 26.8. The summed E-state index contributed by atoms with van der Waals surface area (Å²) in [6.07, 6.45) is 3.81. The van der Waals surface area contributed by atoms with Gasteiger partial charge in [-0.3, -0.25) is 4.79 Å². The number of allylic oxidation sites excluding steroid dienone is 5. The molecular formula is C43H36O. The van der Waals surface area contributed by atoms with Gasteiger partial charge >= 0.3 is 0 Å². The number of benzene rings is 6. The maximum atomic E-state index is 13.4. The fourth-order valence-corrected chi connectivity index (χ4v) is 7.76. The van der Waals surface area contributed by atoms with Gasteiger partial charge in [-0.1, -0.05) is 139 Å². The number of rotatable bonds is 0. The molecule has 0 spiro atoms. The van der Waals surface area contributed by atoms with E-state index < -0.39 is 0 Å². The molecule has 6 aromatic rings. The lowest BCUT2D eigenvalue weighted by atomic mass is 9.67. The van der Waals surface area contributed by atoms with Crippen LogP contribution in [-0.2, 0) is 4.79 Å². The normalized spacial score (nSPS) is 15.3. The van der Waals surface area contributed by atoms with E-state index in [1.54, 1.807) is 0 Å². The van der Waals surface area contributed by atoms with Crippen LogP contribution >= 0.6 is 0 Å². The molecule has 44 heavy (non-hydrogen) atoms. The van der Waals surface area contributed by atoms with Crippen molar-refractivity contribution in [1.82, 2.24) is 0 Å². The number of fused-ring (bicyclic) bond motifs is 13. The van der Waals surface area contributed by atoms with Crippen molar-refractivity contribution in [1.29, 1.82) is 0 Å². The Kier molecular flexibility index (Phi) is 5.57. The lowest BCUT2D eigenvalue weighted by molar-refractivity contribution is -0.110. The van der Waals surface area contributed by atoms with Crippen molar-refractivity contribution in [2.75, 3.05) is 0 Å². The van der Waals surface area contributed by atoms with Gasteiger partial charge in [0.2, 0.25) is 0 Å². The molecule has 0 amide bonds. The highest BCUT2D eigenvalue weighted by Crippen LogP contribution is 2.60. The van der Waals surface area contributed by atoms with Crippen LogP contribution < -0.4 is 0 Å². The van der Waals surface area contributed by atoms with Crippen LogP contribution in [-0.4, -0.2) is 5.78 Å². The third-order valence-electron chi connectivity index (χ3n) is 9.59. The highest BCUT2D eigenvalue weighted by Gasteiger charge is 2.40. The van der Waals surface area contributed by atoms with E-state index in [0.717, 1.165) is 11.1 Å². The van der Waals surface area contributed by atoms with Gasteiger partial charge in [-0.05, 0) is 111 Å². The van der Waals surface area contributed by atoms with E-state index in [1.807, 2.05) is 12.2 Å². The summed E-state index contributed by atoms with van der Waals surface area (Å²) in [5, 5.41) is 10.1. The van der Waals surface area contributed by atoms with Crippen LogP contribution in [0.2, 0.25) is 0 Å². The first-order valence-electron chi connectivity index (χ1n) is 15.7. The largest absolute Gasteiger partial charge is 0.290 e. The standard InChI is InChI=1S/C43H36O/c1-42(2,3)34-23-25(44)24-35(43(4,5)6)40(34)41-38-32-21-13-9-17-28(32)26-15-7-11-19-30(26)36(38)37-31-20-12-8-16-27(31)29-18-10-14-22-33(29)39(37)41/h7-24H,1-6H3. The number of hydrogen-bond acceptors (Lipinski definition) is 1. The van der Waals surface area contributed by atoms with E-state index in [-0.39, 0.29) is 16.6 Å². The van der Waals surface area contributed by atoms with Crippen LogP contribution in [0.15, 0.2) is 126 Å². The summed E-state index contributed by atoms with van der Waals surface area (Å²) < 4.78 is 0. The Bertz CT molecular complexity index is 2180. The van der Waals surface area contributed by atoms with Crippen LogP contribution in [0, 0.1) is 10.8 Å². The maximum Gasteiger partial charge on any atom is 0.179 e. The molecule has 0 radical (unpaired) electrons. The molecule has 0 unspecified atom stereocenters. The molecule has 6 aromatic carbocycles. The molecule has 0 N–H and O–H groups in total. The summed E-state index contributed by atoms with van der Waals surface area (Å²) in [6.45, 7) is 13.5. The van der Waals surface area contributed by atoms with Gasteiger partial charge in [-0.2, -0.15) is 0 Å². The molecule has 0 saturated heterocycles. The second-order valence-electron chi connectivity index (χ2n) is 14.5. The highest BCUT2D eigenvalue weighted by molar-refractivity contribution is 6.32. The van der Waals surface area contributed by atoms with E-state index >= 15 is 0 Å². The van der Waals surface area contributed by atoms with Gasteiger partial charge in [-0.15, -0.1) is 0 Å². The van der Waals surface area contributed by atoms with Crippen molar-refractivity contribution in [3.8, 4) is 11.1 Å². The number of ketones is 1. The first-order valence-corrected chi connectivity index (χ1v) is 15.7. The van der Waals surface area contributed by atoms with E-state index in [0.29, 0.717) is 0 Å².